The van der Waals surface area contributed by atoms with Gasteiger partial charge in [-0.25, -0.2) is 0 Å². The lowest BCUT2D eigenvalue weighted by molar-refractivity contribution is -0.123. The van der Waals surface area contributed by atoms with Gasteiger partial charge in [0.05, 0.1) is 6.04 Å². The Bertz CT molecular complexity index is 596. The highest BCUT2D eigenvalue weighted by Crippen LogP contribution is 2.19. The van der Waals surface area contributed by atoms with Crippen molar-refractivity contribution in [3.05, 3.63) is 29.3 Å². The highest BCUT2D eigenvalue weighted by molar-refractivity contribution is 5.99. The van der Waals surface area contributed by atoms with Crippen LogP contribution in [-0.2, 0) is 4.79 Å². The van der Waals surface area contributed by atoms with E-state index in [4.69, 9.17) is 0 Å². The molecule has 2 amide bonds. The molecule has 0 radical (unpaired) electrons. The molecule has 1 unspecified atom stereocenters. The number of halogens is 3. The van der Waals surface area contributed by atoms with Gasteiger partial charge in [0.1, 0.15) is 6.54 Å². The van der Waals surface area contributed by atoms with Crippen LogP contribution in [0.15, 0.2) is 18.2 Å². The van der Waals surface area contributed by atoms with Crippen LogP contribution in [0.5, 0.6) is 0 Å². The summed E-state index contributed by atoms with van der Waals surface area (Å²) in [5.41, 5.74) is 1.21. The summed E-state index contributed by atoms with van der Waals surface area (Å²) < 4.78 is 36.4. The Morgan fingerprint density at radius 3 is 2.70 bits per heavy atom. The molecule has 3 N–H and O–H groups in total. The standard InChI is InChI=1S/C15H18F3N3O2/c1-9-4-5-10(13(22)20-8-15(16,17)18)7-12(9)21-14(23)11-3-2-6-19-11/h4-5,7,11,19H,2-3,6,8H2,1H3,(H,20,22)(H,21,23). The maximum absolute atomic E-state index is 12.1. The number of benzene rings is 1. The molecule has 0 bridgehead atoms. The van der Waals surface area contributed by atoms with E-state index in [0.29, 0.717) is 5.69 Å². The van der Waals surface area contributed by atoms with Crippen LogP contribution in [0.3, 0.4) is 0 Å². The summed E-state index contributed by atoms with van der Waals surface area (Å²) in [7, 11) is 0. The van der Waals surface area contributed by atoms with Gasteiger partial charge in [0.15, 0.2) is 0 Å². The number of aryl methyl sites for hydroxylation is 1. The van der Waals surface area contributed by atoms with Gasteiger partial charge in [-0.15, -0.1) is 0 Å². The lowest BCUT2D eigenvalue weighted by Gasteiger charge is -2.14. The number of anilines is 1. The maximum Gasteiger partial charge on any atom is 0.405 e. The molecule has 5 nitrogen and oxygen atoms in total. The number of alkyl halides is 3. The number of hydrogen-bond donors (Lipinski definition) is 3. The van der Waals surface area contributed by atoms with E-state index in [-0.39, 0.29) is 17.5 Å². The van der Waals surface area contributed by atoms with E-state index in [9.17, 15) is 22.8 Å². The molecule has 23 heavy (non-hydrogen) atoms. The first-order chi connectivity index (χ1) is 10.8. The Morgan fingerprint density at radius 1 is 1.35 bits per heavy atom. The lowest BCUT2D eigenvalue weighted by atomic mass is 10.1. The Kier molecular flexibility index (Phi) is 5.25. The summed E-state index contributed by atoms with van der Waals surface area (Å²) in [5, 5.41) is 7.58. The van der Waals surface area contributed by atoms with E-state index >= 15 is 0 Å². The van der Waals surface area contributed by atoms with E-state index < -0.39 is 18.6 Å². The molecule has 8 heteroatoms. The topological polar surface area (TPSA) is 70.2 Å². The van der Waals surface area contributed by atoms with Gasteiger partial charge in [-0.2, -0.15) is 13.2 Å². The number of nitrogens with one attached hydrogen (secondary N) is 3. The summed E-state index contributed by atoms with van der Waals surface area (Å²) in [6.45, 7) is 1.12. The van der Waals surface area contributed by atoms with Gasteiger partial charge in [-0.3, -0.25) is 9.59 Å². The Morgan fingerprint density at radius 2 is 2.09 bits per heavy atom. The van der Waals surface area contributed by atoms with Crippen molar-refractivity contribution >= 4 is 17.5 Å². The summed E-state index contributed by atoms with van der Waals surface area (Å²) in [6.07, 6.45) is -2.82. The van der Waals surface area contributed by atoms with Crippen molar-refractivity contribution in [1.82, 2.24) is 10.6 Å². The molecule has 1 aromatic carbocycles. The second-order valence-corrected chi connectivity index (χ2v) is 5.47. The third kappa shape index (κ3) is 4.95. The van der Waals surface area contributed by atoms with E-state index in [1.54, 1.807) is 18.3 Å². The Hall–Kier alpha value is -2.09. The molecule has 0 aromatic heterocycles. The Labute approximate surface area is 131 Å². The van der Waals surface area contributed by atoms with Crippen molar-refractivity contribution in [3.8, 4) is 0 Å². The average molecular weight is 329 g/mol. The van der Waals surface area contributed by atoms with Gasteiger partial charge < -0.3 is 16.0 Å². The average Bonchev–Trinajstić information content (AvgIpc) is 3.00. The normalized spacial score (nSPS) is 17.8. The molecule has 2 rings (SSSR count). The van der Waals surface area contributed by atoms with Crippen molar-refractivity contribution in [3.63, 3.8) is 0 Å². The maximum atomic E-state index is 12.1. The first-order valence-corrected chi connectivity index (χ1v) is 7.26. The first-order valence-electron chi connectivity index (χ1n) is 7.26. The van der Waals surface area contributed by atoms with Gasteiger partial charge in [-0.05, 0) is 44.0 Å². The van der Waals surface area contributed by atoms with Crippen LogP contribution in [-0.4, -0.2) is 37.1 Å². The van der Waals surface area contributed by atoms with Crippen LogP contribution < -0.4 is 16.0 Å². The lowest BCUT2D eigenvalue weighted by Crippen LogP contribution is -2.36. The summed E-state index contributed by atoms with van der Waals surface area (Å²) in [6, 6.07) is 4.11. The summed E-state index contributed by atoms with van der Waals surface area (Å²) >= 11 is 0. The Balaban J connectivity index is 2.06. The number of hydrogen-bond acceptors (Lipinski definition) is 3. The quantitative estimate of drug-likeness (QED) is 0.791. The van der Waals surface area contributed by atoms with Crippen LogP contribution in [0.4, 0.5) is 18.9 Å². The van der Waals surface area contributed by atoms with Crippen molar-refractivity contribution in [2.24, 2.45) is 0 Å². The highest BCUT2D eigenvalue weighted by atomic mass is 19.4. The fourth-order valence-corrected chi connectivity index (χ4v) is 2.31. The van der Waals surface area contributed by atoms with Gasteiger partial charge in [0.25, 0.3) is 5.91 Å². The molecule has 1 aromatic rings. The summed E-state index contributed by atoms with van der Waals surface area (Å²) in [5.74, 6) is -1.05. The third-order valence-electron chi connectivity index (χ3n) is 3.58. The smallest absolute Gasteiger partial charge is 0.343 e. The van der Waals surface area contributed by atoms with Gasteiger partial charge in [0, 0.05) is 11.3 Å². The van der Waals surface area contributed by atoms with Gasteiger partial charge in [0.2, 0.25) is 5.91 Å². The van der Waals surface area contributed by atoms with Crippen LogP contribution in [0.2, 0.25) is 0 Å². The van der Waals surface area contributed by atoms with Crippen LogP contribution >= 0.6 is 0 Å². The molecule has 1 aliphatic rings. The van der Waals surface area contributed by atoms with Crippen LogP contribution in [0.1, 0.15) is 28.8 Å². The number of carbonyl (C=O) groups excluding carboxylic acids is 2. The zero-order chi connectivity index (χ0) is 17.0. The van der Waals surface area contributed by atoms with E-state index in [0.717, 1.165) is 24.9 Å². The second-order valence-electron chi connectivity index (χ2n) is 5.47. The van der Waals surface area contributed by atoms with Gasteiger partial charge in [-0.1, -0.05) is 6.07 Å². The first kappa shape index (κ1) is 17.3. The minimum atomic E-state index is -4.47. The zero-order valence-corrected chi connectivity index (χ0v) is 12.6. The van der Waals surface area contributed by atoms with Crippen molar-refractivity contribution in [2.45, 2.75) is 32.0 Å². The molecule has 1 aliphatic heterocycles. The van der Waals surface area contributed by atoms with Crippen LogP contribution in [0.25, 0.3) is 0 Å². The largest absolute Gasteiger partial charge is 0.405 e. The van der Waals surface area contributed by atoms with Crippen LogP contribution in [0, 0.1) is 6.92 Å². The molecular weight excluding hydrogens is 311 g/mol. The number of carbonyl (C=O) groups is 2. The van der Waals surface area contributed by atoms with E-state index in [1.807, 2.05) is 0 Å². The molecule has 0 spiro atoms. The molecule has 1 fully saturated rings. The fourth-order valence-electron chi connectivity index (χ4n) is 2.31. The predicted molar refractivity (Wildman–Crippen MR) is 79.2 cm³/mol. The van der Waals surface area contributed by atoms with E-state index in [2.05, 4.69) is 10.6 Å². The minimum Gasteiger partial charge on any atom is -0.343 e. The molecule has 1 atom stereocenters. The second kappa shape index (κ2) is 6.99. The fraction of sp³-hybridized carbons (Fsp3) is 0.467. The predicted octanol–water partition coefficient (Wildman–Crippen LogP) is 1.98. The molecule has 0 saturated carbocycles. The third-order valence-corrected chi connectivity index (χ3v) is 3.58. The minimum absolute atomic E-state index is 0.0644. The molecular formula is C15H18F3N3O2. The SMILES string of the molecule is Cc1ccc(C(=O)NCC(F)(F)F)cc1NC(=O)C1CCCN1. The highest BCUT2D eigenvalue weighted by Gasteiger charge is 2.28. The monoisotopic (exact) mass is 329 g/mol. The van der Waals surface area contributed by atoms with Crippen molar-refractivity contribution in [1.29, 1.82) is 0 Å². The molecule has 1 saturated heterocycles. The number of amides is 2. The zero-order valence-electron chi connectivity index (χ0n) is 12.6. The van der Waals surface area contributed by atoms with Crippen molar-refractivity contribution < 1.29 is 22.8 Å². The van der Waals surface area contributed by atoms with Gasteiger partial charge >= 0.3 is 6.18 Å². The summed E-state index contributed by atoms with van der Waals surface area (Å²) in [4.78, 5) is 23.8. The molecule has 0 aliphatic carbocycles. The van der Waals surface area contributed by atoms with E-state index in [1.165, 1.54) is 12.1 Å². The van der Waals surface area contributed by atoms with Crippen molar-refractivity contribution in [2.75, 3.05) is 18.4 Å². The number of rotatable bonds is 4. The molecule has 1 heterocycles. The molecule has 126 valence electrons.